The second-order valence-electron chi connectivity index (χ2n) is 3.34. The molecule has 0 fully saturated rings. The lowest BCUT2D eigenvalue weighted by Crippen LogP contribution is -2.26. The number of rotatable bonds is 7. The Bertz CT molecular complexity index is 89.8. The lowest BCUT2D eigenvalue weighted by atomic mass is 10.1. The van der Waals surface area contributed by atoms with Crippen molar-refractivity contribution in [1.82, 2.24) is 4.90 Å². The highest BCUT2D eigenvalue weighted by Crippen LogP contribution is 2.00. The van der Waals surface area contributed by atoms with Crippen molar-refractivity contribution < 1.29 is 0 Å². The summed E-state index contributed by atoms with van der Waals surface area (Å²) in [6.45, 7) is 10.1. The van der Waals surface area contributed by atoms with E-state index in [9.17, 15) is 0 Å². The SMILES string of the molecule is CC[C@H](N)CCCN(CC)CC. The third kappa shape index (κ3) is 5.56. The van der Waals surface area contributed by atoms with Crippen LogP contribution in [0.4, 0.5) is 0 Å². The first-order valence-electron chi connectivity index (χ1n) is 5.22. The minimum Gasteiger partial charge on any atom is -0.328 e. The van der Waals surface area contributed by atoms with Crippen molar-refractivity contribution >= 4 is 0 Å². The van der Waals surface area contributed by atoms with Crippen LogP contribution in [0.1, 0.15) is 40.0 Å². The summed E-state index contributed by atoms with van der Waals surface area (Å²) in [6, 6.07) is 0.417. The van der Waals surface area contributed by atoms with Gasteiger partial charge in [0.1, 0.15) is 0 Å². The summed E-state index contributed by atoms with van der Waals surface area (Å²) >= 11 is 0. The van der Waals surface area contributed by atoms with Crippen LogP contribution in [-0.4, -0.2) is 30.6 Å². The summed E-state index contributed by atoms with van der Waals surface area (Å²) in [5, 5.41) is 0. The minimum atomic E-state index is 0.417. The molecule has 2 nitrogen and oxygen atoms in total. The van der Waals surface area contributed by atoms with Gasteiger partial charge in [0.05, 0.1) is 0 Å². The van der Waals surface area contributed by atoms with Crippen molar-refractivity contribution in [2.24, 2.45) is 5.73 Å². The van der Waals surface area contributed by atoms with Crippen LogP contribution in [0.25, 0.3) is 0 Å². The van der Waals surface area contributed by atoms with Crippen LogP contribution in [0.5, 0.6) is 0 Å². The summed E-state index contributed by atoms with van der Waals surface area (Å²) in [4.78, 5) is 2.45. The molecule has 0 rings (SSSR count). The number of hydrogen-bond acceptors (Lipinski definition) is 2. The molecule has 0 aliphatic carbocycles. The molecule has 2 N–H and O–H groups in total. The summed E-state index contributed by atoms with van der Waals surface area (Å²) in [5.41, 5.74) is 5.82. The Balaban J connectivity index is 3.28. The maximum Gasteiger partial charge on any atom is 0.00366 e. The molecule has 0 aliphatic heterocycles. The van der Waals surface area contributed by atoms with Crippen molar-refractivity contribution in [3.05, 3.63) is 0 Å². The number of nitrogens with two attached hydrogens (primary N) is 1. The van der Waals surface area contributed by atoms with Crippen molar-refractivity contribution in [2.45, 2.75) is 46.1 Å². The first-order chi connectivity index (χ1) is 5.74. The van der Waals surface area contributed by atoms with Crippen LogP contribution < -0.4 is 5.73 Å². The average molecular weight is 172 g/mol. The maximum absolute atomic E-state index is 5.82. The second kappa shape index (κ2) is 7.56. The fraction of sp³-hybridized carbons (Fsp3) is 1.00. The summed E-state index contributed by atoms with van der Waals surface area (Å²) in [7, 11) is 0. The highest BCUT2D eigenvalue weighted by atomic mass is 15.1. The van der Waals surface area contributed by atoms with Crippen LogP contribution in [-0.2, 0) is 0 Å². The van der Waals surface area contributed by atoms with E-state index in [-0.39, 0.29) is 0 Å². The Hall–Kier alpha value is -0.0800. The van der Waals surface area contributed by atoms with Crippen LogP contribution in [0.2, 0.25) is 0 Å². The molecule has 1 atom stereocenters. The van der Waals surface area contributed by atoms with Gasteiger partial charge in [-0.3, -0.25) is 0 Å². The van der Waals surface area contributed by atoms with Crippen LogP contribution in [0.3, 0.4) is 0 Å². The first kappa shape index (κ1) is 11.9. The fourth-order valence-corrected chi connectivity index (χ4v) is 1.32. The van der Waals surface area contributed by atoms with Gasteiger partial charge in [0.25, 0.3) is 0 Å². The van der Waals surface area contributed by atoms with Gasteiger partial charge in [0.2, 0.25) is 0 Å². The van der Waals surface area contributed by atoms with Crippen molar-refractivity contribution in [3.8, 4) is 0 Å². The Morgan fingerprint density at radius 3 is 2.17 bits per heavy atom. The third-order valence-corrected chi connectivity index (χ3v) is 2.47. The molecule has 2 heteroatoms. The summed E-state index contributed by atoms with van der Waals surface area (Å²) < 4.78 is 0. The lowest BCUT2D eigenvalue weighted by Gasteiger charge is -2.18. The minimum absolute atomic E-state index is 0.417. The van der Waals surface area contributed by atoms with E-state index in [2.05, 4.69) is 25.7 Å². The van der Waals surface area contributed by atoms with E-state index < -0.39 is 0 Å². The molecule has 0 unspecified atom stereocenters. The van der Waals surface area contributed by atoms with E-state index in [0.717, 1.165) is 19.5 Å². The maximum atomic E-state index is 5.82. The molecule has 0 amide bonds. The first-order valence-corrected chi connectivity index (χ1v) is 5.22. The van der Waals surface area contributed by atoms with E-state index in [1.807, 2.05) is 0 Å². The van der Waals surface area contributed by atoms with Crippen molar-refractivity contribution in [2.75, 3.05) is 19.6 Å². The lowest BCUT2D eigenvalue weighted by molar-refractivity contribution is 0.292. The quantitative estimate of drug-likeness (QED) is 0.635. The van der Waals surface area contributed by atoms with Crippen LogP contribution in [0, 0.1) is 0 Å². The van der Waals surface area contributed by atoms with Gasteiger partial charge in [0.15, 0.2) is 0 Å². The molecule has 0 aromatic heterocycles. The zero-order valence-corrected chi connectivity index (χ0v) is 8.84. The predicted octanol–water partition coefficient (Wildman–Crippen LogP) is 1.85. The highest BCUT2D eigenvalue weighted by Gasteiger charge is 2.01. The molecule has 0 saturated heterocycles. The van der Waals surface area contributed by atoms with Gasteiger partial charge in [-0.25, -0.2) is 0 Å². The number of nitrogens with zero attached hydrogens (tertiary/aromatic N) is 1. The van der Waals surface area contributed by atoms with Gasteiger partial charge in [-0.05, 0) is 38.9 Å². The monoisotopic (exact) mass is 172 g/mol. The van der Waals surface area contributed by atoms with Gasteiger partial charge >= 0.3 is 0 Å². The smallest absolute Gasteiger partial charge is 0.00366 e. The van der Waals surface area contributed by atoms with Crippen molar-refractivity contribution in [3.63, 3.8) is 0 Å². The molecule has 0 aromatic rings. The Kier molecular flexibility index (Phi) is 7.51. The average Bonchev–Trinajstić information content (AvgIpc) is 2.12. The van der Waals surface area contributed by atoms with Gasteiger partial charge in [-0.2, -0.15) is 0 Å². The topological polar surface area (TPSA) is 29.3 Å². The Morgan fingerprint density at radius 1 is 1.17 bits per heavy atom. The summed E-state index contributed by atoms with van der Waals surface area (Å²) in [6.07, 6.45) is 3.53. The standard InChI is InChI=1S/C10H24N2/c1-4-10(11)8-7-9-12(5-2)6-3/h10H,4-9,11H2,1-3H3/t10-/m0/s1. The largest absolute Gasteiger partial charge is 0.328 e. The van der Waals surface area contributed by atoms with Gasteiger partial charge in [-0.1, -0.05) is 20.8 Å². The zero-order chi connectivity index (χ0) is 9.40. The third-order valence-electron chi connectivity index (χ3n) is 2.47. The zero-order valence-electron chi connectivity index (χ0n) is 8.84. The molecule has 0 aliphatic rings. The number of hydrogen-bond donors (Lipinski definition) is 1. The van der Waals surface area contributed by atoms with Gasteiger partial charge < -0.3 is 10.6 Å². The van der Waals surface area contributed by atoms with Crippen molar-refractivity contribution in [1.29, 1.82) is 0 Å². The second-order valence-corrected chi connectivity index (χ2v) is 3.34. The Morgan fingerprint density at radius 2 is 1.75 bits per heavy atom. The molecular formula is C10H24N2. The van der Waals surface area contributed by atoms with E-state index >= 15 is 0 Å². The van der Waals surface area contributed by atoms with Crippen LogP contribution >= 0.6 is 0 Å². The van der Waals surface area contributed by atoms with E-state index in [0.29, 0.717) is 6.04 Å². The van der Waals surface area contributed by atoms with E-state index in [1.54, 1.807) is 0 Å². The normalized spacial score (nSPS) is 13.8. The Labute approximate surface area is 77.1 Å². The molecule has 0 saturated carbocycles. The molecule has 12 heavy (non-hydrogen) atoms. The highest BCUT2D eigenvalue weighted by molar-refractivity contribution is 4.60. The fourth-order valence-electron chi connectivity index (χ4n) is 1.32. The van der Waals surface area contributed by atoms with E-state index in [1.165, 1.54) is 19.4 Å². The molecule has 0 aromatic carbocycles. The van der Waals surface area contributed by atoms with Crippen LogP contribution in [0.15, 0.2) is 0 Å². The molecule has 0 bridgehead atoms. The molecule has 0 radical (unpaired) electrons. The molecule has 74 valence electrons. The van der Waals surface area contributed by atoms with E-state index in [4.69, 9.17) is 5.73 Å². The molecular weight excluding hydrogens is 148 g/mol. The van der Waals surface area contributed by atoms with Gasteiger partial charge in [0, 0.05) is 6.04 Å². The van der Waals surface area contributed by atoms with Gasteiger partial charge in [-0.15, -0.1) is 0 Å². The summed E-state index contributed by atoms with van der Waals surface area (Å²) in [5.74, 6) is 0. The molecule has 0 spiro atoms. The predicted molar refractivity (Wildman–Crippen MR) is 55.3 cm³/mol. The molecule has 0 heterocycles.